The molecule has 31 heavy (non-hydrogen) atoms. The Bertz CT molecular complexity index is 774. The molecule has 1 heterocycles. The van der Waals surface area contributed by atoms with Gasteiger partial charge >= 0.3 is 0 Å². The van der Waals surface area contributed by atoms with E-state index in [1.165, 1.54) is 0 Å². The number of hydrogen-bond acceptors (Lipinski definition) is 5. The molecule has 3 rings (SSSR count). The van der Waals surface area contributed by atoms with Crippen LogP contribution in [0.4, 0.5) is 0 Å². The molecule has 3 amide bonds. The van der Waals surface area contributed by atoms with E-state index in [-0.39, 0.29) is 23.2 Å². The molecule has 0 bridgehead atoms. The van der Waals surface area contributed by atoms with E-state index in [0.29, 0.717) is 18.9 Å². The van der Waals surface area contributed by atoms with Crippen LogP contribution < -0.4 is 15.9 Å². The zero-order valence-corrected chi connectivity index (χ0v) is 19.8. The third kappa shape index (κ3) is 4.46. The summed E-state index contributed by atoms with van der Waals surface area (Å²) in [5, 5.41) is 2.78. The molecule has 2 aliphatic carbocycles. The SMILES string of the molecule is CC(C)(C)C(NCl)C(=O)N1CC2C(C1C(=O)NC(CC1CCC1)C(=O)C(N)=O)C2(C)C. The lowest BCUT2D eigenvalue weighted by molar-refractivity contribution is -0.145. The Balaban J connectivity index is 1.81. The Labute approximate surface area is 189 Å². The van der Waals surface area contributed by atoms with Gasteiger partial charge in [-0.3, -0.25) is 19.2 Å². The fourth-order valence-electron chi connectivity index (χ4n) is 5.28. The maximum Gasteiger partial charge on any atom is 0.287 e. The Kier molecular flexibility index (Phi) is 6.46. The van der Waals surface area contributed by atoms with Gasteiger partial charge in [0.2, 0.25) is 17.6 Å². The second-order valence-electron chi connectivity index (χ2n) is 11.1. The van der Waals surface area contributed by atoms with E-state index >= 15 is 0 Å². The first kappa shape index (κ1) is 24.0. The number of rotatable bonds is 8. The van der Waals surface area contributed by atoms with Crippen LogP contribution in [0.5, 0.6) is 0 Å². The number of nitrogens with two attached hydrogens (primary N) is 1. The molecule has 5 atom stereocenters. The van der Waals surface area contributed by atoms with Crippen LogP contribution in [-0.2, 0) is 19.2 Å². The van der Waals surface area contributed by atoms with Crippen molar-refractivity contribution in [1.29, 1.82) is 0 Å². The zero-order chi connectivity index (χ0) is 23.3. The number of piperidine rings is 1. The number of fused-ring (bicyclic) bond motifs is 1. The summed E-state index contributed by atoms with van der Waals surface area (Å²) in [5.74, 6) is -1.95. The van der Waals surface area contributed by atoms with E-state index in [9.17, 15) is 19.2 Å². The standard InChI is InChI=1S/C22H35ClN4O4/c1-21(2,3)17(26-23)20(31)27-10-12-14(22(12,4)5)15(27)19(30)25-13(16(28)18(24)29)9-11-7-6-8-11/h11-15,17,26H,6-10H2,1-5H3,(H2,24,29)(H,25,30). The van der Waals surface area contributed by atoms with Gasteiger partial charge in [-0.1, -0.05) is 53.9 Å². The van der Waals surface area contributed by atoms with E-state index in [0.717, 1.165) is 19.3 Å². The number of likely N-dealkylation sites (tertiary alicyclic amines) is 1. The number of carbonyl (C=O) groups excluding carboxylic acids is 4. The number of amides is 3. The van der Waals surface area contributed by atoms with Crippen LogP contribution in [0.2, 0.25) is 0 Å². The molecule has 1 saturated heterocycles. The number of hydrogen-bond donors (Lipinski definition) is 3. The molecular formula is C22H35ClN4O4. The smallest absolute Gasteiger partial charge is 0.287 e. The quantitative estimate of drug-likeness (QED) is 0.377. The maximum atomic E-state index is 13.4. The van der Waals surface area contributed by atoms with Crippen molar-refractivity contribution in [1.82, 2.24) is 15.1 Å². The van der Waals surface area contributed by atoms with Crippen molar-refractivity contribution in [2.24, 2.45) is 34.3 Å². The first-order valence-corrected chi connectivity index (χ1v) is 11.5. The molecule has 1 aliphatic heterocycles. The number of primary amides is 1. The molecule has 2 saturated carbocycles. The highest BCUT2D eigenvalue weighted by Crippen LogP contribution is 2.65. The van der Waals surface area contributed by atoms with Gasteiger partial charge in [-0.15, -0.1) is 0 Å². The fraction of sp³-hybridized carbons (Fsp3) is 0.818. The third-order valence-corrected chi connectivity index (χ3v) is 7.87. The number of nitrogens with one attached hydrogen (secondary N) is 2. The van der Waals surface area contributed by atoms with Gasteiger partial charge in [0.05, 0.1) is 6.04 Å². The number of Topliss-reactive ketones (excluding diaryl/α,β-unsaturated/α-hetero) is 1. The van der Waals surface area contributed by atoms with Crippen molar-refractivity contribution in [2.75, 3.05) is 6.54 Å². The average Bonchev–Trinajstić information content (AvgIpc) is 2.98. The molecule has 5 unspecified atom stereocenters. The molecule has 0 aromatic carbocycles. The maximum absolute atomic E-state index is 13.4. The monoisotopic (exact) mass is 454 g/mol. The molecular weight excluding hydrogens is 420 g/mol. The molecule has 0 spiro atoms. The second kappa shape index (κ2) is 8.35. The average molecular weight is 455 g/mol. The minimum Gasteiger partial charge on any atom is -0.363 e. The summed E-state index contributed by atoms with van der Waals surface area (Å²) in [5.41, 5.74) is 4.72. The van der Waals surface area contributed by atoms with Crippen molar-refractivity contribution in [3.63, 3.8) is 0 Å². The van der Waals surface area contributed by atoms with Crippen molar-refractivity contribution < 1.29 is 19.2 Å². The summed E-state index contributed by atoms with van der Waals surface area (Å²) in [6, 6.07) is -2.31. The van der Waals surface area contributed by atoms with E-state index in [1.807, 2.05) is 20.8 Å². The molecule has 9 heteroatoms. The van der Waals surface area contributed by atoms with E-state index < -0.39 is 41.1 Å². The molecule has 0 aromatic rings. The van der Waals surface area contributed by atoms with Crippen molar-refractivity contribution in [2.45, 2.75) is 78.4 Å². The Morgan fingerprint density at radius 1 is 1.19 bits per heavy atom. The lowest BCUT2D eigenvalue weighted by Gasteiger charge is -2.37. The fourth-order valence-corrected chi connectivity index (χ4v) is 5.70. The Morgan fingerprint density at radius 3 is 2.26 bits per heavy atom. The molecule has 0 radical (unpaired) electrons. The first-order valence-electron chi connectivity index (χ1n) is 11.1. The largest absolute Gasteiger partial charge is 0.363 e. The predicted octanol–water partition coefficient (Wildman–Crippen LogP) is 1.36. The predicted molar refractivity (Wildman–Crippen MR) is 117 cm³/mol. The zero-order valence-electron chi connectivity index (χ0n) is 19.0. The Morgan fingerprint density at radius 2 is 1.81 bits per heavy atom. The molecule has 174 valence electrons. The third-order valence-electron chi connectivity index (χ3n) is 7.65. The minimum absolute atomic E-state index is 0.000395. The van der Waals surface area contributed by atoms with Gasteiger partial charge in [0.25, 0.3) is 5.91 Å². The van der Waals surface area contributed by atoms with Crippen molar-refractivity contribution in [3.8, 4) is 0 Å². The molecule has 8 nitrogen and oxygen atoms in total. The van der Waals surface area contributed by atoms with Crippen LogP contribution in [0.25, 0.3) is 0 Å². The van der Waals surface area contributed by atoms with Crippen LogP contribution in [0.3, 0.4) is 0 Å². The molecule has 4 N–H and O–H groups in total. The summed E-state index contributed by atoms with van der Waals surface area (Å²) in [7, 11) is 0. The number of ketones is 1. The van der Waals surface area contributed by atoms with Gasteiger partial charge in [-0.25, -0.2) is 4.84 Å². The van der Waals surface area contributed by atoms with E-state index in [4.69, 9.17) is 17.5 Å². The first-order chi connectivity index (χ1) is 14.3. The summed E-state index contributed by atoms with van der Waals surface area (Å²) in [6.45, 7) is 10.4. The number of nitrogens with zero attached hydrogens (tertiary/aromatic N) is 1. The lowest BCUT2D eigenvalue weighted by Crippen LogP contribution is -2.59. The molecule has 0 aromatic heterocycles. The van der Waals surface area contributed by atoms with Crippen molar-refractivity contribution in [3.05, 3.63) is 0 Å². The summed E-state index contributed by atoms with van der Waals surface area (Å²) in [6.07, 6.45) is 3.43. The van der Waals surface area contributed by atoms with Gasteiger partial charge in [0.1, 0.15) is 12.1 Å². The Hall–Kier alpha value is -1.67. The summed E-state index contributed by atoms with van der Waals surface area (Å²) < 4.78 is 0. The molecule has 3 fully saturated rings. The highest BCUT2D eigenvalue weighted by Gasteiger charge is 2.69. The van der Waals surface area contributed by atoms with Gasteiger partial charge in [0, 0.05) is 6.54 Å². The van der Waals surface area contributed by atoms with E-state index in [1.54, 1.807) is 4.90 Å². The van der Waals surface area contributed by atoms with Crippen LogP contribution in [0.1, 0.15) is 60.3 Å². The second-order valence-corrected chi connectivity index (χ2v) is 11.3. The van der Waals surface area contributed by atoms with Gasteiger partial charge in [0.15, 0.2) is 0 Å². The van der Waals surface area contributed by atoms with Gasteiger partial charge in [-0.05, 0) is 46.8 Å². The van der Waals surface area contributed by atoms with Crippen LogP contribution in [0.15, 0.2) is 0 Å². The highest BCUT2D eigenvalue weighted by atomic mass is 35.5. The highest BCUT2D eigenvalue weighted by molar-refractivity contribution is 6.37. The lowest BCUT2D eigenvalue weighted by atomic mass is 9.80. The van der Waals surface area contributed by atoms with Crippen molar-refractivity contribution >= 4 is 35.3 Å². The number of halogens is 1. The minimum atomic E-state index is -1.05. The van der Waals surface area contributed by atoms with Crippen LogP contribution >= 0.6 is 11.8 Å². The molecule has 3 aliphatic rings. The van der Waals surface area contributed by atoms with Crippen LogP contribution in [0, 0.1) is 28.6 Å². The van der Waals surface area contributed by atoms with Gasteiger partial charge < -0.3 is 16.0 Å². The number of carbonyl (C=O) groups is 4. The van der Waals surface area contributed by atoms with Crippen LogP contribution in [-0.4, -0.2) is 53.1 Å². The summed E-state index contributed by atoms with van der Waals surface area (Å²) >= 11 is 5.90. The normalized spacial score (nSPS) is 28.8. The topological polar surface area (TPSA) is 122 Å². The van der Waals surface area contributed by atoms with E-state index in [2.05, 4.69) is 24.0 Å². The van der Waals surface area contributed by atoms with Gasteiger partial charge in [-0.2, -0.15) is 0 Å². The summed E-state index contributed by atoms with van der Waals surface area (Å²) in [4.78, 5) is 54.9.